The van der Waals surface area contributed by atoms with E-state index in [1.165, 1.54) is 0 Å². The lowest BCUT2D eigenvalue weighted by Gasteiger charge is -1.98. The second kappa shape index (κ2) is 3.18. The molecule has 0 aromatic carbocycles. The Balaban J connectivity index is 2.32. The van der Waals surface area contributed by atoms with Gasteiger partial charge in [-0.05, 0) is 19.0 Å². The first-order valence-corrected chi connectivity index (χ1v) is 4.34. The quantitative estimate of drug-likeness (QED) is 0.610. The Morgan fingerprint density at radius 3 is 3.31 bits per heavy atom. The highest BCUT2D eigenvalue weighted by Crippen LogP contribution is 2.07. The number of primary amides is 1. The third-order valence-corrected chi connectivity index (χ3v) is 2.15. The summed E-state index contributed by atoms with van der Waals surface area (Å²) in [6, 6.07) is 1.75. The van der Waals surface area contributed by atoms with Gasteiger partial charge in [-0.1, -0.05) is 0 Å². The molecular weight excluding hydrogens is 168 g/mol. The van der Waals surface area contributed by atoms with Gasteiger partial charge in [0.25, 0.3) is 5.91 Å². The van der Waals surface area contributed by atoms with E-state index in [1.54, 1.807) is 6.07 Å². The standard InChI is InChI=1S/C8H12N4O/c9-8(13)7-4-6-5-10-2-1-3-12(6)11-7/h4,10H,1-3,5H2,(H2,9,13). The Morgan fingerprint density at radius 1 is 1.69 bits per heavy atom. The van der Waals surface area contributed by atoms with E-state index in [2.05, 4.69) is 10.4 Å². The molecule has 0 saturated heterocycles. The summed E-state index contributed by atoms with van der Waals surface area (Å²) in [6.07, 6.45) is 1.03. The van der Waals surface area contributed by atoms with Crippen molar-refractivity contribution in [1.29, 1.82) is 0 Å². The SMILES string of the molecule is NC(=O)c1cc2n(n1)CCCNC2. The first-order chi connectivity index (χ1) is 6.27. The molecule has 0 radical (unpaired) electrons. The van der Waals surface area contributed by atoms with Crippen LogP contribution in [0.15, 0.2) is 6.07 Å². The highest BCUT2D eigenvalue weighted by Gasteiger charge is 2.12. The van der Waals surface area contributed by atoms with Crippen molar-refractivity contribution in [2.45, 2.75) is 19.5 Å². The van der Waals surface area contributed by atoms with Gasteiger partial charge in [0.1, 0.15) is 5.69 Å². The maximum Gasteiger partial charge on any atom is 0.269 e. The Kier molecular flexibility index (Phi) is 2.02. The summed E-state index contributed by atoms with van der Waals surface area (Å²) < 4.78 is 1.85. The molecule has 0 atom stereocenters. The molecule has 5 heteroatoms. The van der Waals surface area contributed by atoms with Crippen LogP contribution in [0, 0.1) is 0 Å². The molecule has 0 aliphatic carbocycles. The molecular formula is C8H12N4O. The van der Waals surface area contributed by atoms with Crippen molar-refractivity contribution >= 4 is 5.91 Å². The molecule has 0 spiro atoms. The summed E-state index contributed by atoms with van der Waals surface area (Å²) in [7, 11) is 0. The van der Waals surface area contributed by atoms with Crippen molar-refractivity contribution in [3.8, 4) is 0 Å². The molecule has 2 heterocycles. The van der Waals surface area contributed by atoms with Crippen molar-refractivity contribution in [2.75, 3.05) is 6.54 Å². The number of fused-ring (bicyclic) bond motifs is 1. The van der Waals surface area contributed by atoms with E-state index in [0.29, 0.717) is 5.69 Å². The Morgan fingerprint density at radius 2 is 2.54 bits per heavy atom. The zero-order valence-corrected chi connectivity index (χ0v) is 7.29. The lowest BCUT2D eigenvalue weighted by atomic mass is 10.3. The first kappa shape index (κ1) is 8.25. The molecule has 2 rings (SSSR count). The maximum atomic E-state index is 10.8. The number of hydrogen-bond donors (Lipinski definition) is 2. The summed E-state index contributed by atoms with van der Waals surface area (Å²) in [6.45, 7) is 2.62. The minimum atomic E-state index is -0.458. The van der Waals surface area contributed by atoms with Crippen molar-refractivity contribution < 1.29 is 4.79 Å². The predicted octanol–water partition coefficient (Wildman–Crippen LogP) is -0.525. The molecule has 0 fully saturated rings. The molecule has 13 heavy (non-hydrogen) atoms. The van der Waals surface area contributed by atoms with Crippen molar-refractivity contribution in [3.63, 3.8) is 0 Å². The van der Waals surface area contributed by atoms with E-state index >= 15 is 0 Å². The summed E-state index contributed by atoms with van der Waals surface area (Å²) in [4.78, 5) is 10.8. The van der Waals surface area contributed by atoms with Crippen LogP contribution in [0.2, 0.25) is 0 Å². The molecule has 1 aliphatic rings. The van der Waals surface area contributed by atoms with E-state index < -0.39 is 5.91 Å². The Bertz CT molecular complexity index is 307. The van der Waals surface area contributed by atoms with Gasteiger partial charge >= 0.3 is 0 Å². The Labute approximate surface area is 75.9 Å². The minimum Gasteiger partial charge on any atom is -0.364 e. The van der Waals surface area contributed by atoms with E-state index in [4.69, 9.17) is 5.73 Å². The smallest absolute Gasteiger partial charge is 0.269 e. The number of aromatic nitrogens is 2. The van der Waals surface area contributed by atoms with Gasteiger partial charge in [-0.25, -0.2) is 0 Å². The van der Waals surface area contributed by atoms with Crippen LogP contribution in [0.4, 0.5) is 0 Å². The summed E-state index contributed by atoms with van der Waals surface area (Å²) >= 11 is 0. The second-order valence-corrected chi connectivity index (χ2v) is 3.14. The normalized spacial score (nSPS) is 16.3. The summed E-state index contributed by atoms with van der Waals surface area (Å²) in [5.41, 5.74) is 6.52. The number of amides is 1. The number of nitrogens with two attached hydrogens (primary N) is 1. The fraction of sp³-hybridized carbons (Fsp3) is 0.500. The third kappa shape index (κ3) is 1.55. The molecule has 0 saturated carbocycles. The van der Waals surface area contributed by atoms with Crippen LogP contribution in [0.5, 0.6) is 0 Å². The van der Waals surface area contributed by atoms with Crippen LogP contribution < -0.4 is 11.1 Å². The van der Waals surface area contributed by atoms with Crippen molar-refractivity contribution in [1.82, 2.24) is 15.1 Å². The van der Waals surface area contributed by atoms with E-state index in [1.807, 2.05) is 4.68 Å². The van der Waals surface area contributed by atoms with E-state index in [9.17, 15) is 4.79 Å². The number of rotatable bonds is 1. The maximum absolute atomic E-state index is 10.8. The number of nitrogens with one attached hydrogen (secondary N) is 1. The highest BCUT2D eigenvalue weighted by atomic mass is 16.1. The first-order valence-electron chi connectivity index (χ1n) is 4.34. The number of hydrogen-bond acceptors (Lipinski definition) is 3. The van der Waals surface area contributed by atoms with Gasteiger partial charge in [-0.15, -0.1) is 0 Å². The third-order valence-electron chi connectivity index (χ3n) is 2.15. The van der Waals surface area contributed by atoms with Gasteiger partial charge in [0.15, 0.2) is 0 Å². The fourth-order valence-electron chi connectivity index (χ4n) is 1.48. The number of carbonyl (C=O) groups excluding carboxylic acids is 1. The second-order valence-electron chi connectivity index (χ2n) is 3.14. The van der Waals surface area contributed by atoms with Crippen LogP contribution in [0.1, 0.15) is 22.6 Å². The van der Waals surface area contributed by atoms with E-state index in [-0.39, 0.29) is 0 Å². The van der Waals surface area contributed by atoms with Crippen LogP contribution in [-0.4, -0.2) is 22.2 Å². The molecule has 1 aromatic heterocycles. The zero-order chi connectivity index (χ0) is 9.26. The van der Waals surface area contributed by atoms with Crippen LogP contribution in [-0.2, 0) is 13.1 Å². The average molecular weight is 180 g/mol. The average Bonchev–Trinajstić information content (AvgIpc) is 2.38. The molecule has 1 amide bonds. The van der Waals surface area contributed by atoms with Crippen molar-refractivity contribution in [2.24, 2.45) is 5.73 Å². The van der Waals surface area contributed by atoms with Gasteiger partial charge in [0.05, 0.1) is 5.69 Å². The van der Waals surface area contributed by atoms with Crippen molar-refractivity contribution in [3.05, 3.63) is 17.5 Å². The molecule has 0 bridgehead atoms. The van der Waals surface area contributed by atoms with Crippen LogP contribution in [0.3, 0.4) is 0 Å². The zero-order valence-electron chi connectivity index (χ0n) is 7.29. The van der Waals surface area contributed by atoms with Crippen LogP contribution >= 0.6 is 0 Å². The lowest BCUT2D eigenvalue weighted by molar-refractivity contribution is 0.0994. The molecule has 3 N–H and O–H groups in total. The van der Waals surface area contributed by atoms with Gasteiger partial charge in [0, 0.05) is 13.1 Å². The number of carbonyl (C=O) groups is 1. The molecule has 1 aromatic rings. The van der Waals surface area contributed by atoms with Gasteiger partial charge in [0.2, 0.25) is 0 Å². The lowest BCUT2D eigenvalue weighted by Crippen LogP contribution is -2.13. The molecule has 5 nitrogen and oxygen atoms in total. The predicted molar refractivity (Wildman–Crippen MR) is 47.1 cm³/mol. The summed E-state index contributed by atoms with van der Waals surface area (Å²) in [5.74, 6) is -0.458. The van der Waals surface area contributed by atoms with Crippen LogP contribution in [0.25, 0.3) is 0 Å². The van der Waals surface area contributed by atoms with Gasteiger partial charge in [-0.2, -0.15) is 5.10 Å². The molecule has 0 unspecified atom stereocenters. The highest BCUT2D eigenvalue weighted by molar-refractivity contribution is 5.90. The number of aryl methyl sites for hydroxylation is 1. The topological polar surface area (TPSA) is 72.9 Å². The van der Waals surface area contributed by atoms with Gasteiger partial charge < -0.3 is 11.1 Å². The Hall–Kier alpha value is -1.36. The number of nitrogens with zero attached hydrogens (tertiary/aromatic N) is 2. The molecule has 1 aliphatic heterocycles. The minimum absolute atomic E-state index is 0.360. The molecule has 70 valence electrons. The monoisotopic (exact) mass is 180 g/mol. The van der Waals surface area contributed by atoms with E-state index in [0.717, 1.165) is 31.7 Å². The summed E-state index contributed by atoms with van der Waals surface area (Å²) in [5, 5.41) is 7.36. The fourth-order valence-corrected chi connectivity index (χ4v) is 1.48. The largest absolute Gasteiger partial charge is 0.364 e. The van der Waals surface area contributed by atoms with Gasteiger partial charge in [-0.3, -0.25) is 9.48 Å².